The molecule has 138 valence electrons. The Kier molecular flexibility index (Phi) is 4.38. The van der Waals surface area contributed by atoms with Gasteiger partial charge in [-0.05, 0) is 39.3 Å². The van der Waals surface area contributed by atoms with Gasteiger partial charge in [0.2, 0.25) is 5.78 Å². The summed E-state index contributed by atoms with van der Waals surface area (Å²) in [5.41, 5.74) is 0.195. The second kappa shape index (κ2) is 6.27. The molecule has 0 aromatic carbocycles. The van der Waals surface area contributed by atoms with Crippen molar-refractivity contribution in [3.05, 3.63) is 47.3 Å². The highest BCUT2D eigenvalue weighted by Crippen LogP contribution is 2.42. The number of ether oxygens (including phenoxy) is 3. The van der Waals surface area contributed by atoms with E-state index in [4.69, 9.17) is 14.2 Å². The lowest BCUT2D eigenvalue weighted by Gasteiger charge is -2.31. The molecule has 4 atom stereocenters. The van der Waals surface area contributed by atoms with Crippen molar-refractivity contribution in [3.8, 4) is 0 Å². The second-order valence-electron chi connectivity index (χ2n) is 7.10. The highest BCUT2D eigenvalue weighted by Gasteiger charge is 2.51. The number of carbonyl (C=O) groups is 3. The van der Waals surface area contributed by atoms with Crippen LogP contribution in [0.1, 0.15) is 34.1 Å². The summed E-state index contributed by atoms with van der Waals surface area (Å²) in [6.45, 7) is 10.6. The molecular formula is C20H22O6. The predicted octanol–water partition coefficient (Wildman–Crippen LogP) is 2.55. The first kappa shape index (κ1) is 18.2. The summed E-state index contributed by atoms with van der Waals surface area (Å²) in [7, 11) is 0. The van der Waals surface area contributed by atoms with Crippen LogP contribution in [0.2, 0.25) is 0 Å². The highest BCUT2D eigenvalue weighted by molar-refractivity contribution is 6.00. The van der Waals surface area contributed by atoms with E-state index >= 15 is 0 Å². The van der Waals surface area contributed by atoms with Gasteiger partial charge in [-0.1, -0.05) is 12.7 Å². The van der Waals surface area contributed by atoms with Crippen molar-refractivity contribution in [2.45, 2.75) is 51.9 Å². The zero-order chi connectivity index (χ0) is 19.2. The van der Waals surface area contributed by atoms with Gasteiger partial charge in [0.25, 0.3) is 0 Å². The Hall–Kier alpha value is -2.63. The third-order valence-corrected chi connectivity index (χ3v) is 5.19. The van der Waals surface area contributed by atoms with E-state index in [9.17, 15) is 14.4 Å². The van der Waals surface area contributed by atoms with Crippen LogP contribution in [0.3, 0.4) is 0 Å². The molecule has 2 bridgehead atoms. The van der Waals surface area contributed by atoms with Gasteiger partial charge in [0.1, 0.15) is 18.0 Å². The Morgan fingerprint density at radius 2 is 2.12 bits per heavy atom. The first-order valence-corrected chi connectivity index (χ1v) is 8.54. The first-order chi connectivity index (χ1) is 12.2. The Morgan fingerprint density at radius 1 is 1.42 bits per heavy atom. The molecule has 6 nitrogen and oxygen atoms in total. The lowest BCUT2D eigenvalue weighted by atomic mass is 9.82. The van der Waals surface area contributed by atoms with E-state index in [2.05, 4.69) is 6.58 Å². The van der Waals surface area contributed by atoms with Gasteiger partial charge in [-0.2, -0.15) is 0 Å². The lowest BCUT2D eigenvalue weighted by Crippen LogP contribution is -2.42. The molecule has 1 saturated heterocycles. The molecule has 26 heavy (non-hydrogen) atoms. The third kappa shape index (κ3) is 2.89. The fourth-order valence-electron chi connectivity index (χ4n) is 3.41. The zero-order valence-electron chi connectivity index (χ0n) is 15.3. The van der Waals surface area contributed by atoms with Crippen LogP contribution in [0.25, 0.3) is 0 Å². The van der Waals surface area contributed by atoms with E-state index in [0.717, 1.165) is 0 Å². The summed E-state index contributed by atoms with van der Waals surface area (Å²) in [6, 6.07) is 0. The summed E-state index contributed by atoms with van der Waals surface area (Å²) in [5, 5.41) is 0. The maximum absolute atomic E-state index is 12.5. The zero-order valence-corrected chi connectivity index (χ0v) is 15.3. The van der Waals surface area contributed by atoms with Gasteiger partial charge >= 0.3 is 11.9 Å². The number of carbonyl (C=O) groups excluding carboxylic acids is 3. The van der Waals surface area contributed by atoms with E-state index < -0.39 is 35.7 Å². The second-order valence-corrected chi connectivity index (χ2v) is 7.10. The van der Waals surface area contributed by atoms with Gasteiger partial charge in [0.05, 0.1) is 5.92 Å². The number of rotatable bonds is 2. The van der Waals surface area contributed by atoms with Crippen LogP contribution in [0, 0.1) is 5.92 Å². The van der Waals surface area contributed by atoms with Crippen LogP contribution in [-0.2, 0) is 28.6 Å². The van der Waals surface area contributed by atoms with E-state index in [-0.39, 0.29) is 17.8 Å². The molecule has 0 radical (unpaired) electrons. The Labute approximate surface area is 152 Å². The summed E-state index contributed by atoms with van der Waals surface area (Å²) in [6.07, 6.45) is 3.50. The summed E-state index contributed by atoms with van der Waals surface area (Å²) >= 11 is 0. The summed E-state index contributed by atoms with van der Waals surface area (Å²) in [5.74, 6) is -1.35. The van der Waals surface area contributed by atoms with Crippen LogP contribution in [0.5, 0.6) is 0 Å². The smallest absolute Gasteiger partial charge is 0.334 e. The van der Waals surface area contributed by atoms with Crippen molar-refractivity contribution >= 4 is 17.7 Å². The maximum atomic E-state index is 12.5. The average Bonchev–Trinajstić information content (AvgIpc) is 3.03. The normalized spacial score (nSPS) is 33.9. The van der Waals surface area contributed by atoms with Gasteiger partial charge in [-0.25, -0.2) is 9.59 Å². The van der Waals surface area contributed by atoms with Crippen molar-refractivity contribution in [3.63, 3.8) is 0 Å². The first-order valence-electron chi connectivity index (χ1n) is 8.54. The minimum atomic E-state index is -1.17. The molecule has 0 aromatic heterocycles. The molecule has 0 saturated carbocycles. The molecule has 3 heterocycles. The molecule has 1 fully saturated rings. The van der Waals surface area contributed by atoms with E-state index in [1.165, 1.54) is 6.08 Å². The molecule has 0 N–H and O–H groups in total. The van der Waals surface area contributed by atoms with Crippen molar-refractivity contribution < 1.29 is 28.6 Å². The van der Waals surface area contributed by atoms with Crippen LogP contribution in [0.15, 0.2) is 47.3 Å². The number of ketones is 1. The molecule has 0 spiro atoms. The van der Waals surface area contributed by atoms with Crippen molar-refractivity contribution in [1.82, 2.24) is 0 Å². The van der Waals surface area contributed by atoms with E-state index in [1.807, 2.05) is 0 Å². The van der Waals surface area contributed by atoms with Crippen molar-refractivity contribution in [2.75, 3.05) is 0 Å². The Bertz CT molecular complexity index is 799. The third-order valence-electron chi connectivity index (χ3n) is 5.19. The van der Waals surface area contributed by atoms with Crippen molar-refractivity contribution in [1.29, 1.82) is 0 Å². The van der Waals surface area contributed by atoms with Crippen LogP contribution >= 0.6 is 0 Å². The van der Waals surface area contributed by atoms with Crippen LogP contribution in [-0.4, -0.2) is 35.5 Å². The van der Waals surface area contributed by atoms with Crippen molar-refractivity contribution in [2.24, 2.45) is 5.92 Å². The largest absolute Gasteiger partial charge is 0.479 e. The maximum Gasteiger partial charge on any atom is 0.334 e. The lowest BCUT2D eigenvalue weighted by molar-refractivity contribution is -0.153. The summed E-state index contributed by atoms with van der Waals surface area (Å²) in [4.78, 5) is 36.9. The predicted molar refractivity (Wildman–Crippen MR) is 92.8 cm³/mol. The molecule has 0 aliphatic carbocycles. The molecular weight excluding hydrogens is 336 g/mol. The molecule has 0 unspecified atom stereocenters. The number of hydrogen-bond donors (Lipinski definition) is 0. The molecule has 3 rings (SSSR count). The van der Waals surface area contributed by atoms with E-state index in [1.54, 1.807) is 39.8 Å². The highest BCUT2D eigenvalue weighted by atomic mass is 16.6. The fraction of sp³-hybridized carbons (Fsp3) is 0.450. The van der Waals surface area contributed by atoms with Gasteiger partial charge in [0, 0.05) is 23.6 Å². The summed E-state index contributed by atoms with van der Waals surface area (Å²) < 4.78 is 17.0. The molecule has 6 heteroatoms. The van der Waals surface area contributed by atoms with Gasteiger partial charge in [0.15, 0.2) is 5.60 Å². The average molecular weight is 358 g/mol. The molecule has 3 aliphatic heterocycles. The molecule has 0 aromatic rings. The minimum Gasteiger partial charge on any atom is -0.479 e. The van der Waals surface area contributed by atoms with Gasteiger partial charge in [-0.3, -0.25) is 4.79 Å². The topological polar surface area (TPSA) is 78.9 Å². The number of esters is 2. The fourth-order valence-corrected chi connectivity index (χ4v) is 3.41. The van der Waals surface area contributed by atoms with Gasteiger partial charge in [-0.15, -0.1) is 0 Å². The Balaban J connectivity index is 2.05. The quantitative estimate of drug-likeness (QED) is 0.558. The molecule has 0 amide bonds. The number of fused-ring (bicyclic) bond motifs is 3. The van der Waals surface area contributed by atoms with Crippen LogP contribution in [0.4, 0.5) is 0 Å². The van der Waals surface area contributed by atoms with Crippen LogP contribution < -0.4 is 0 Å². The minimum absolute atomic E-state index is 0.104. The van der Waals surface area contributed by atoms with E-state index in [0.29, 0.717) is 16.9 Å². The number of hydrogen-bond acceptors (Lipinski definition) is 6. The number of allylic oxidation sites excluding steroid dienone is 2. The van der Waals surface area contributed by atoms with Gasteiger partial charge < -0.3 is 14.2 Å². The SMILES string of the molecule is C=C1C(=O)O[C@@H]2C=C(C)C3=CC(=O)[C@](C)(C[C@H](OC(=O)/C(C)=C\C)[C@@H]12)O3. The standard InChI is InChI=1S/C20H22O6/c1-6-10(2)18(22)25-15-9-20(5)16(21)8-13(26-20)11(3)7-14-17(15)12(4)19(23)24-14/h6-8,14-15,17H,4,9H2,1-3,5H3/b10-6-,11-7?/t14-,15+,17+,20+/m1/s1. The molecule has 3 aliphatic rings. The Morgan fingerprint density at radius 3 is 2.77 bits per heavy atom. The monoisotopic (exact) mass is 358 g/mol.